The van der Waals surface area contributed by atoms with Crippen LogP contribution in [0.4, 0.5) is 26.3 Å². The molecule has 0 aliphatic carbocycles. The number of nitrogens with zero attached hydrogens (tertiary/aromatic N) is 3. The summed E-state index contributed by atoms with van der Waals surface area (Å²) in [5.41, 5.74) is -1.11. The topological polar surface area (TPSA) is 38.7 Å². The van der Waals surface area contributed by atoms with Crippen molar-refractivity contribution in [2.75, 3.05) is 0 Å². The fourth-order valence-corrected chi connectivity index (χ4v) is 2.57. The number of halogens is 6. The highest BCUT2D eigenvalue weighted by Gasteiger charge is 2.20. The molecule has 0 unspecified atom stereocenters. The molecule has 0 saturated carbocycles. The monoisotopic (exact) mass is 339 g/mol. The standard InChI is InChI=1S/C15H3F6N3/c16-7-1-4-5(2-8(7)17)11-12(24-15(21)14(20)23-11)10-6(4)3-9(18)13(19)22-10/h1-3H. The maximum atomic E-state index is 13.6. The van der Waals surface area contributed by atoms with E-state index in [2.05, 4.69) is 15.0 Å². The van der Waals surface area contributed by atoms with Gasteiger partial charge in [-0.3, -0.25) is 0 Å². The van der Waals surface area contributed by atoms with E-state index in [1.807, 2.05) is 0 Å². The van der Waals surface area contributed by atoms with E-state index in [0.717, 1.165) is 0 Å². The Labute approximate surface area is 128 Å². The number of aromatic nitrogens is 3. The Morgan fingerprint density at radius 1 is 0.458 bits per heavy atom. The minimum Gasteiger partial charge on any atom is -0.215 e. The Morgan fingerprint density at radius 2 is 0.875 bits per heavy atom. The van der Waals surface area contributed by atoms with Crippen molar-refractivity contribution in [1.29, 1.82) is 0 Å². The zero-order valence-corrected chi connectivity index (χ0v) is 11.3. The molecule has 0 radical (unpaired) electrons. The first-order chi connectivity index (χ1) is 11.4. The predicted octanol–water partition coefficient (Wildman–Crippen LogP) is 4.17. The van der Waals surface area contributed by atoms with E-state index < -0.39 is 40.8 Å². The molecule has 0 aliphatic heterocycles. The van der Waals surface area contributed by atoms with Gasteiger partial charge in [-0.2, -0.15) is 13.2 Å². The normalized spacial score (nSPS) is 11.8. The van der Waals surface area contributed by atoms with Gasteiger partial charge in [0.25, 0.3) is 11.9 Å². The van der Waals surface area contributed by atoms with Gasteiger partial charge in [-0.1, -0.05) is 0 Å². The van der Waals surface area contributed by atoms with Crippen LogP contribution in [0.25, 0.3) is 32.7 Å². The summed E-state index contributed by atoms with van der Waals surface area (Å²) in [7, 11) is 0. The molecule has 0 bridgehead atoms. The molecule has 4 aromatic rings. The molecule has 2 aromatic heterocycles. The van der Waals surface area contributed by atoms with E-state index in [-0.39, 0.29) is 27.2 Å². The van der Waals surface area contributed by atoms with Crippen LogP contribution in [0, 0.1) is 35.3 Å². The molecule has 3 nitrogen and oxygen atoms in total. The van der Waals surface area contributed by atoms with Crippen LogP contribution < -0.4 is 0 Å². The molecule has 2 heterocycles. The molecular weight excluding hydrogens is 336 g/mol. The molecule has 0 N–H and O–H groups in total. The Bertz CT molecular complexity index is 908. The van der Waals surface area contributed by atoms with E-state index in [1.165, 1.54) is 0 Å². The summed E-state index contributed by atoms with van der Waals surface area (Å²) >= 11 is 0. The first kappa shape index (κ1) is 14.6. The van der Waals surface area contributed by atoms with Crippen molar-refractivity contribution < 1.29 is 26.3 Å². The molecule has 2 aromatic carbocycles. The quantitative estimate of drug-likeness (QED) is 0.274. The fourth-order valence-electron chi connectivity index (χ4n) is 2.57. The maximum absolute atomic E-state index is 13.6. The second-order valence-electron chi connectivity index (χ2n) is 4.97. The third kappa shape index (κ3) is 1.90. The second kappa shape index (κ2) is 4.76. The molecule has 9 heteroatoms. The summed E-state index contributed by atoms with van der Waals surface area (Å²) in [6.45, 7) is 0. The van der Waals surface area contributed by atoms with Crippen molar-refractivity contribution in [2.24, 2.45) is 0 Å². The van der Waals surface area contributed by atoms with Gasteiger partial charge < -0.3 is 0 Å². The summed E-state index contributed by atoms with van der Waals surface area (Å²) in [5, 5.41) is -0.380. The average Bonchev–Trinajstić information content (AvgIpc) is 2.53. The van der Waals surface area contributed by atoms with Crippen LogP contribution in [0.5, 0.6) is 0 Å². The van der Waals surface area contributed by atoms with Gasteiger partial charge in [-0.15, -0.1) is 0 Å². The second-order valence-corrected chi connectivity index (χ2v) is 4.97. The van der Waals surface area contributed by atoms with Gasteiger partial charge in [0, 0.05) is 10.8 Å². The van der Waals surface area contributed by atoms with Crippen molar-refractivity contribution in [3.63, 3.8) is 0 Å². The molecule has 0 aliphatic rings. The van der Waals surface area contributed by atoms with Crippen molar-refractivity contribution in [3.8, 4) is 0 Å². The lowest BCUT2D eigenvalue weighted by atomic mass is 10.0. The minimum atomic E-state index is -1.59. The lowest BCUT2D eigenvalue weighted by molar-refractivity contribution is 0.459. The van der Waals surface area contributed by atoms with Gasteiger partial charge in [-0.25, -0.2) is 28.1 Å². The lowest BCUT2D eigenvalue weighted by Gasteiger charge is -2.09. The summed E-state index contributed by atoms with van der Waals surface area (Å²) in [6, 6.07) is 2.11. The zero-order valence-electron chi connectivity index (χ0n) is 11.3. The van der Waals surface area contributed by atoms with Gasteiger partial charge in [-0.05, 0) is 23.6 Å². The average molecular weight is 339 g/mol. The zero-order chi connectivity index (χ0) is 17.2. The molecule has 0 spiro atoms. The van der Waals surface area contributed by atoms with Gasteiger partial charge in [0.1, 0.15) is 16.6 Å². The molecule has 4 rings (SSSR count). The summed E-state index contributed by atoms with van der Waals surface area (Å²) < 4.78 is 81.0. The maximum Gasteiger partial charge on any atom is 0.269 e. The Morgan fingerprint density at radius 3 is 1.46 bits per heavy atom. The number of hydrogen-bond acceptors (Lipinski definition) is 3. The van der Waals surface area contributed by atoms with Gasteiger partial charge >= 0.3 is 0 Å². The Hall–Kier alpha value is -2.97. The van der Waals surface area contributed by atoms with Crippen molar-refractivity contribution in [2.45, 2.75) is 0 Å². The highest BCUT2D eigenvalue weighted by atomic mass is 19.2. The lowest BCUT2D eigenvalue weighted by Crippen LogP contribution is -2.01. The molecule has 0 saturated heterocycles. The van der Waals surface area contributed by atoms with Crippen LogP contribution in [0.2, 0.25) is 0 Å². The first-order valence-corrected chi connectivity index (χ1v) is 6.46. The van der Waals surface area contributed by atoms with Gasteiger partial charge in [0.15, 0.2) is 17.5 Å². The third-order valence-electron chi connectivity index (χ3n) is 3.58. The van der Waals surface area contributed by atoms with E-state index in [4.69, 9.17) is 0 Å². The highest BCUT2D eigenvalue weighted by Crippen LogP contribution is 2.34. The SMILES string of the molecule is Fc1cc2c3cc(F)c(F)nc3c3nc(F)c(F)nc3c2cc1F. The molecular formula is C15H3F6N3. The van der Waals surface area contributed by atoms with E-state index >= 15 is 0 Å². The Balaban J connectivity index is 2.40. The van der Waals surface area contributed by atoms with Crippen LogP contribution in [-0.4, -0.2) is 15.0 Å². The fraction of sp³-hybridized carbons (Fsp3) is 0. The van der Waals surface area contributed by atoms with E-state index in [9.17, 15) is 26.3 Å². The predicted molar refractivity (Wildman–Crippen MR) is 72.1 cm³/mol. The molecule has 0 amide bonds. The van der Waals surface area contributed by atoms with Crippen LogP contribution >= 0.6 is 0 Å². The number of fused-ring (bicyclic) bond motifs is 6. The summed E-state index contributed by atoms with van der Waals surface area (Å²) in [6.07, 6.45) is 0. The minimum absolute atomic E-state index is 0.0943. The smallest absolute Gasteiger partial charge is 0.215 e. The molecule has 120 valence electrons. The highest BCUT2D eigenvalue weighted by molar-refractivity contribution is 6.21. The summed E-state index contributed by atoms with van der Waals surface area (Å²) in [4.78, 5) is 9.96. The number of hydrogen-bond donors (Lipinski definition) is 0. The van der Waals surface area contributed by atoms with Crippen LogP contribution in [0.15, 0.2) is 18.2 Å². The molecule has 0 fully saturated rings. The first-order valence-electron chi connectivity index (χ1n) is 6.46. The van der Waals surface area contributed by atoms with Crippen LogP contribution in [-0.2, 0) is 0 Å². The van der Waals surface area contributed by atoms with E-state index in [0.29, 0.717) is 18.2 Å². The van der Waals surface area contributed by atoms with Gasteiger partial charge in [0.05, 0.1) is 0 Å². The summed E-state index contributed by atoms with van der Waals surface area (Å²) in [5.74, 6) is -8.54. The molecule has 0 atom stereocenters. The van der Waals surface area contributed by atoms with Gasteiger partial charge in [0.2, 0.25) is 5.95 Å². The van der Waals surface area contributed by atoms with Crippen molar-refractivity contribution >= 4 is 32.7 Å². The van der Waals surface area contributed by atoms with Crippen LogP contribution in [0.3, 0.4) is 0 Å². The molecule has 24 heavy (non-hydrogen) atoms. The van der Waals surface area contributed by atoms with E-state index in [1.54, 1.807) is 0 Å². The van der Waals surface area contributed by atoms with Crippen molar-refractivity contribution in [1.82, 2.24) is 15.0 Å². The van der Waals surface area contributed by atoms with Crippen molar-refractivity contribution in [3.05, 3.63) is 53.5 Å². The van der Waals surface area contributed by atoms with Crippen LogP contribution in [0.1, 0.15) is 0 Å². The third-order valence-corrected chi connectivity index (χ3v) is 3.58. The number of rotatable bonds is 0. The number of pyridine rings is 1. The number of benzene rings is 2. The largest absolute Gasteiger partial charge is 0.269 e. The Kier molecular flexibility index (Phi) is 2.90.